The largest absolute Gasteiger partial charge is 0.493 e. The number of hydrogen-bond acceptors (Lipinski definition) is 7. The minimum Gasteiger partial charge on any atom is -0.493 e. The van der Waals surface area contributed by atoms with E-state index in [4.69, 9.17) is 23.7 Å². The molecule has 0 unspecified atom stereocenters. The van der Waals surface area contributed by atoms with Crippen LogP contribution in [0.1, 0.15) is 25.1 Å². The molecule has 0 aliphatic heterocycles. The first-order valence-corrected chi connectivity index (χ1v) is 13.1. The van der Waals surface area contributed by atoms with Gasteiger partial charge in [0.2, 0.25) is 0 Å². The minimum atomic E-state index is 0.674. The molecule has 0 amide bonds. The van der Waals surface area contributed by atoms with Crippen LogP contribution in [-0.2, 0) is 11.2 Å². The SMILES string of the molecule is CCOCC.COc1ccc(Cc2nccc3cc(OC)c(OC)cc23)cc1OC.c1ccc2cnccc2c1. The van der Waals surface area contributed by atoms with Crippen LogP contribution in [0.4, 0.5) is 0 Å². The monoisotopic (exact) mass is 542 g/mol. The summed E-state index contributed by atoms with van der Waals surface area (Å²) in [6, 6.07) is 22.0. The first-order valence-electron chi connectivity index (χ1n) is 13.1. The third-order valence-corrected chi connectivity index (χ3v) is 6.13. The Morgan fingerprint density at radius 3 is 1.85 bits per heavy atom. The number of methoxy groups -OCH3 is 4. The van der Waals surface area contributed by atoms with Crippen molar-refractivity contribution in [3.63, 3.8) is 0 Å². The molecule has 0 spiro atoms. The van der Waals surface area contributed by atoms with Crippen molar-refractivity contribution in [2.45, 2.75) is 20.3 Å². The number of fused-ring (bicyclic) bond motifs is 2. The number of ether oxygens (including phenoxy) is 5. The Balaban J connectivity index is 0.000000239. The lowest BCUT2D eigenvalue weighted by Gasteiger charge is -2.12. The molecular formula is C33H38N2O5. The molecule has 7 heteroatoms. The predicted octanol–water partition coefficient (Wildman–Crippen LogP) is 7.14. The lowest BCUT2D eigenvalue weighted by Crippen LogP contribution is -1.97. The summed E-state index contributed by atoms with van der Waals surface area (Å²) in [5, 5.41) is 4.54. The van der Waals surface area contributed by atoms with E-state index < -0.39 is 0 Å². The summed E-state index contributed by atoms with van der Waals surface area (Å²) in [5.41, 5.74) is 2.05. The molecule has 0 atom stereocenters. The Bertz CT molecular complexity index is 1420. The summed E-state index contributed by atoms with van der Waals surface area (Å²) in [4.78, 5) is 8.58. The van der Waals surface area contributed by atoms with E-state index in [2.05, 4.69) is 22.1 Å². The Morgan fingerprint density at radius 1 is 0.600 bits per heavy atom. The number of pyridine rings is 2. The number of nitrogens with zero attached hydrogens (tertiary/aromatic N) is 2. The topological polar surface area (TPSA) is 71.9 Å². The van der Waals surface area contributed by atoms with E-state index in [1.807, 2.05) is 87.0 Å². The quantitative estimate of drug-likeness (QED) is 0.206. The van der Waals surface area contributed by atoms with Crippen molar-refractivity contribution in [2.24, 2.45) is 0 Å². The van der Waals surface area contributed by atoms with Gasteiger partial charge in [-0.2, -0.15) is 0 Å². The number of benzene rings is 3. The van der Waals surface area contributed by atoms with Gasteiger partial charge >= 0.3 is 0 Å². The van der Waals surface area contributed by atoms with Crippen LogP contribution in [0, 0.1) is 0 Å². The lowest BCUT2D eigenvalue weighted by atomic mass is 10.0. The second kappa shape index (κ2) is 15.9. The van der Waals surface area contributed by atoms with E-state index >= 15 is 0 Å². The molecule has 0 aliphatic carbocycles. The molecule has 7 nitrogen and oxygen atoms in total. The first-order chi connectivity index (χ1) is 19.6. The van der Waals surface area contributed by atoms with Crippen LogP contribution in [0.3, 0.4) is 0 Å². The third-order valence-electron chi connectivity index (χ3n) is 6.13. The summed E-state index contributed by atoms with van der Waals surface area (Å²) < 4.78 is 26.3. The molecule has 2 aromatic heterocycles. The molecule has 0 N–H and O–H groups in total. The summed E-state index contributed by atoms with van der Waals surface area (Å²) in [5.74, 6) is 2.82. The van der Waals surface area contributed by atoms with Gasteiger partial charge in [0.15, 0.2) is 23.0 Å². The number of aromatic nitrogens is 2. The molecule has 0 aliphatic rings. The third kappa shape index (κ3) is 8.07. The summed E-state index contributed by atoms with van der Waals surface area (Å²) in [6.07, 6.45) is 6.16. The van der Waals surface area contributed by atoms with Crippen LogP contribution in [0.2, 0.25) is 0 Å². The first kappa shape index (κ1) is 30.2. The van der Waals surface area contributed by atoms with Gasteiger partial charge in [-0.05, 0) is 72.0 Å². The Labute approximate surface area is 236 Å². The van der Waals surface area contributed by atoms with Gasteiger partial charge in [-0.15, -0.1) is 0 Å². The van der Waals surface area contributed by atoms with Crippen molar-refractivity contribution < 1.29 is 23.7 Å². The maximum atomic E-state index is 5.43. The molecule has 210 valence electrons. The second-order valence-corrected chi connectivity index (χ2v) is 8.56. The summed E-state index contributed by atoms with van der Waals surface area (Å²) in [6.45, 7) is 5.67. The van der Waals surface area contributed by atoms with Gasteiger partial charge < -0.3 is 23.7 Å². The van der Waals surface area contributed by atoms with Crippen molar-refractivity contribution in [1.82, 2.24) is 9.97 Å². The zero-order chi connectivity index (χ0) is 28.7. The van der Waals surface area contributed by atoms with E-state index in [1.165, 1.54) is 10.8 Å². The smallest absolute Gasteiger partial charge is 0.161 e. The Kier molecular flexibility index (Phi) is 12.0. The van der Waals surface area contributed by atoms with Crippen LogP contribution in [0.25, 0.3) is 21.5 Å². The lowest BCUT2D eigenvalue weighted by molar-refractivity contribution is 0.162. The molecule has 0 radical (unpaired) electrons. The van der Waals surface area contributed by atoms with Crippen LogP contribution in [0.15, 0.2) is 85.3 Å². The standard InChI is InChI=1S/C20H21NO4.C9H7N.C4H10O/c1-22-17-6-5-13(10-18(17)23-2)9-16-15-12-20(25-4)19(24-3)11-14(15)7-8-21-16;1-2-4-9-7-10-6-5-8(9)3-1;1-3-5-4-2/h5-8,10-12H,9H2,1-4H3;1-7H;3-4H2,1-2H3. The molecular weight excluding hydrogens is 504 g/mol. The van der Waals surface area contributed by atoms with Gasteiger partial charge in [0, 0.05) is 43.6 Å². The van der Waals surface area contributed by atoms with Gasteiger partial charge in [0.1, 0.15) is 0 Å². The van der Waals surface area contributed by atoms with Gasteiger partial charge in [-0.25, -0.2) is 0 Å². The molecule has 5 rings (SSSR count). The highest BCUT2D eigenvalue weighted by Gasteiger charge is 2.12. The highest BCUT2D eigenvalue weighted by Crippen LogP contribution is 2.34. The van der Waals surface area contributed by atoms with Crippen LogP contribution < -0.4 is 18.9 Å². The van der Waals surface area contributed by atoms with Gasteiger partial charge in [-0.3, -0.25) is 9.97 Å². The Hall–Kier alpha value is -4.36. The molecule has 0 saturated carbocycles. The van der Waals surface area contributed by atoms with Crippen molar-refractivity contribution in [1.29, 1.82) is 0 Å². The van der Waals surface area contributed by atoms with E-state index in [0.717, 1.165) is 35.2 Å². The summed E-state index contributed by atoms with van der Waals surface area (Å²) in [7, 11) is 6.53. The molecule has 5 aromatic rings. The predicted molar refractivity (Wildman–Crippen MR) is 161 cm³/mol. The maximum absolute atomic E-state index is 5.43. The fourth-order valence-corrected chi connectivity index (χ4v) is 4.12. The van der Waals surface area contributed by atoms with Crippen LogP contribution in [-0.4, -0.2) is 51.6 Å². The second-order valence-electron chi connectivity index (χ2n) is 8.56. The van der Waals surface area contributed by atoms with Gasteiger partial charge in [-0.1, -0.05) is 30.3 Å². The highest BCUT2D eigenvalue weighted by molar-refractivity contribution is 5.88. The van der Waals surface area contributed by atoms with Crippen molar-refractivity contribution in [3.8, 4) is 23.0 Å². The van der Waals surface area contributed by atoms with E-state index in [-0.39, 0.29) is 0 Å². The van der Waals surface area contributed by atoms with Gasteiger partial charge in [0.25, 0.3) is 0 Å². The number of rotatable bonds is 8. The molecule has 40 heavy (non-hydrogen) atoms. The maximum Gasteiger partial charge on any atom is 0.161 e. The molecule has 0 bridgehead atoms. The molecule has 0 saturated heterocycles. The van der Waals surface area contributed by atoms with Crippen LogP contribution >= 0.6 is 0 Å². The fourth-order valence-electron chi connectivity index (χ4n) is 4.12. The zero-order valence-corrected chi connectivity index (χ0v) is 24.1. The van der Waals surface area contributed by atoms with E-state index in [1.54, 1.807) is 28.4 Å². The molecule has 0 fully saturated rings. The average molecular weight is 543 g/mol. The fraction of sp³-hybridized carbons (Fsp3) is 0.273. The Morgan fingerprint density at radius 2 is 1.23 bits per heavy atom. The number of hydrogen-bond donors (Lipinski definition) is 0. The van der Waals surface area contributed by atoms with E-state index in [0.29, 0.717) is 29.4 Å². The average Bonchev–Trinajstić information content (AvgIpc) is 3.01. The van der Waals surface area contributed by atoms with Crippen molar-refractivity contribution >= 4 is 21.5 Å². The molecule has 3 aromatic carbocycles. The molecule has 2 heterocycles. The highest BCUT2D eigenvalue weighted by atomic mass is 16.5. The normalized spacial score (nSPS) is 10.2. The van der Waals surface area contributed by atoms with Crippen molar-refractivity contribution in [2.75, 3.05) is 41.7 Å². The van der Waals surface area contributed by atoms with Crippen LogP contribution in [0.5, 0.6) is 23.0 Å². The minimum absolute atomic E-state index is 0.674. The summed E-state index contributed by atoms with van der Waals surface area (Å²) >= 11 is 0. The van der Waals surface area contributed by atoms with E-state index in [9.17, 15) is 0 Å². The zero-order valence-electron chi connectivity index (χ0n) is 24.1. The van der Waals surface area contributed by atoms with Crippen molar-refractivity contribution in [3.05, 3.63) is 96.6 Å². The van der Waals surface area contributed by atoms with Gasteiger partial charge in [0.05, 0.1) is 34.1 Å².